The van der Waals surface area contributed by atoms with E-state index < -0.39 is 0 Å². The van der Waals surface area contributed by atoms with Gasteiger partial charge < -0.3 is 14.4 Å². The predicted octanol–water partition coefficient (Wildman–Crippen LogP) is 5.19. The maximum atomic E-state index is 13.5. The number of benzene rings is 2. The number of carbonyl (C=O) groups is 1. The van der Waals surface area contributed by atoms with Gasteiger partial charge in [0, 0.05) is 6.54 Å². The molecule has 0 unspecified atom stereocenters. The molecule has 5 nitrogen and oxygen atoms in total. The van der Waals surface area contributed by atoms with Crippen molar-refractivity contribution >= 4 is 29.1 Å². The molecule has 1 amide bonds. The fraction of sp³-hybridized carbons (Fsp3) is 0.217. The van der Waals surface area contributed by atoms with E-state index in [1.807, 2.05) is 42.5 Å². The lowest BCUT2D eigenvalue weighted by Crippen LogP contribution is -2.41. The molecule has 0 radical (unpaired) electrons. The van der Waals surface area contributed by atoms with E-state index in [-0.39, 0.29) is 27.8 Å². The van der Waals surface area contributed by atoms with Crippen LogP contribution in [0.25, 0.3) is 0 Å². The summed E-state index contributed by atoms with van der Waals surface area (Å²) >= 11 is 12.3. The van der Waals surface area contributed by atoms with Crippen molar-refractivity contribution < 1.29 is 14.3 Å². The summed E-state index contributed by atoms with van der Waals surface area (Å²) in [6.07, 6.45) is 0.670. The number of ether oxygens (including phenoxy) is 2. The van der Waals surface area contributed by atoms with Gasteiger partial charge in [0.25, 0.3) is 5.91 Å². The topological polar surface area (TPSA) is 51.7 Å². The van der Waals surface area contributed by atoms with Crippen LogP contribution in [0.4, 0.5) is 0 Å². The molecular formula is C23H20Cl2N2O3. The van der Waals surface area contributed by atoms with Gasteiger partial charge in [-0.05, 0) is 47.4 Å². The smallest absolute Gasteiger partial charge is 0.274 e. The van der Waals surface area contributed by atoms with Crippen LogP contribution in [0, 0.1) is 0 Å². The van der Waals surface area contributed by atoms with Crippen molar-refractivity contribution in [2.24, 2.45) is 0 Å². The van der Waals surface area contributed by atoms with E-state index in [9.17, 15) is 4.79 Å². The molecule has 7 heteroatoms. The molecule has 3 aromatic rings. The summed E-state index contributed by atoms with van der Waals surface area (Å²) < 4.78 is 11.0. The van der Waals surface area contributed by atoms with Crippen LogP contribution in [-0.4, -0.2) is 36.6 Å². The van der Waals surface area contributed by atoms with Crippen LogP contribution in [0.1, 0.15) is 33.2 Å². The van der Waals surface area contributed by atoms with Crippen molar-refractivity contribution in [2.75, 3.05) is 20.8 Å². The van der Waals surface area contributed by atoms with Crippen LogP contribution in [0.3, 0.4) is 0 Å². The lowest BCUT2D eigenvalue weighted by atomic mass is 9.87. The molecule has 0 bridgehead atoms. The maximum Gasteiger partial charge on any atom is 0.274 e. The van der Waals surface area contributed by atoms with Gasteiger partial charge in [-0.3, -0.25) is 4.79 Å². The highest BCUT2D eigenvalue weighted by Gasteiger charge is 2.35. The van der Waals surface area contributed by atoms with Gasteiger partial charge in [0.05, 0.1) is 25.3 Å². The zero-order chi connectivity index (χ0) is 21.3. The number of methoxy groups -OCH3 is 2. The number of amides is 1. The van der Waals surface area contributed by atoms with E-state index in [4.69, 9.17) is 32.7 Å². The third-order valence-electron chi connectivity index (χ3n) is 5.26. The number of halogens is 2. The first kappa shape index (κ1) is 20.5. The number of rotatable bonds is 4. The largest absolute Gasteiger partial charge is 0.493 e. The third-order valence-corrected chi connectivity index (χ3v) is 5.78. The van der Waals surface area contributed by atoms with Crippen molar-refractivity contribution in [1.29, 1.82) is 0 Å². The highest BCUT2D eigenvalue weighted by molar-refractivity contribution is 6.34. The second-order valence-electron chi connectivity index (χ2n) is 6.93. The van der Waals surface area contributed by atoms with Crippen LogP contribution in [0.5, 0.6) is 11.5 Å². The minimum Gasteiger partial charge on any atom is -0.493 e. The normalized spacial score (nSPS) is 15.5. The van der Waals surface area contributed by atoms with E-state index in [0.717, 1.165) is 16.7 Å². The monoisotopic (exact) mass is 442 g/mol. The van der Waals surface area contributed by atoms with Crippen LogP contribution in [0.2, 0.25) is 10.2 Å². The van der Waals surface area contributed by atoms with Gasteiger partial charge >= 0.3 is 0 Å². The molecule has 0 saturated heterocycles. The van der Waals surface area contributed by atoms with E-state index >= 15 is 0 Å². The van der Waals surface area contributed by atoms with Gasteiger partial charge in [0.1, 0.15) is 10.8 Å². The molecule has 0 saturated carbocycles. The molecule has 1 aliphatic rings. The Morgan fingerprint density at radius 3 is 2.43 bits per heavy atom. The van der Waals surface area contributed by atoms with Crippen LogP contribution in [0.15, 0.2) is 54.6 Å². The maximum absolute atomic E-state index is 13.5. The summed E-state index contributed by atoms with van der Waals surface area (Å²) in [5, 5.41) is 0.497. The van der Waals surface area contributed by atoms with Gasteiger partial charge in [-0.25, -0.2) is 4.98 Å². The number of pyridine rings is 1. The number of nitrogens with zero attached hydrogens (tertiary/aromatic N) is 2. The minimum atomic E-state index is -0.320. The van der Waals surface area contributed by atoms with Crippen LogP contribution < -0.4 is 9.47 Å². The van der Waals surface area contributed by atoms with Gasteiger partial charge in [-0.1, -0.05) is 53.5 Å². The lowest BCUT2D eigenvalue weighted by molar-refractivity contribution is 0.0688. The van der Waals surface area contributed by atoms with Crippen LogP contribution >= 0.6 is 23.2 Å². The standard InChI is InChI=1S/C23H20Cl2N2O3/c1-29-18-12-15-10-11-27(23(28)21-17(24)8-9-20(25)26-21)22(14-6-4-3-5-7-14)16(15)13-19(18)30-2/h3-9,12-13,22H,10-11H2,1-2H3/t22-/m1/s1. The molecule has 0 fully saturated rings. The fourth-order valence-corrected chi connectivity index (χ4v) is 4.20. The Kier molecular flexibility index (Phi) is 5.84. The van der Waals surface area contributed by atoms with Gasteiger partial charge in [-0.2, -0.15) is 0 Å². The highest BCUT2D eigenvalue weighted by Crippen LogP contribution is 2.41. The fourth-order valence-electron chi connectivity index (χ4n) is 3.86. The first-order valence-corrected chi connectivity index (χ1v) is 10.2. The quantitative estimate of drug-likeness (QED) is 0.521. The Hall–Kier alpha value is -2.76. The molecule has 154 valence electrons. The number of hydrogen-bond donors (Lipinski definition) is 0. The number of carbonyl (C=O) groups excluding carboxylic acids is 1. The van der Waals surface area contributed by atoms with E-state index in [1.54, 1.807) is 31.3 Å². The van der Waals surface area contributed by atoms with Crippen molar-refractivity contribution in [3.8, 4) is 11.5 Å². The Morgan fingerprint density at radius 1 is 1.03 bits per heavy atom. The average molecular weight is 443 g/mol. The predicted molar refractivity (Wildman–Crippen MR) is 117 cm³/mol. The number of aromatic nitrogens is 1. The van der Waals surface area contributed by atoms with Crippen molar-refractivity contribution in [3.05, 3.63) is 87.2 Å². The Balaban J connectivity index is 1.86. The molecule has 2 heterocycles. The zero-order valence-corrected chi connectivity index (χ0v) is 18.1. The van der Waals surface area contributed by atoms with Crippen molar-refractivity contribution in [2.45, 2.75) is 12.5 Å². The summed E-state index contributed by atoms with van der Waals surface area (Å²) in [6.45, 7) is 0.505. The molecule has 30 heavy (non-hydrogen) atoms. The summed E-state index contributed by atoms with van der Waals surface area (Å²) in [6, 6.07) is 16.6. The molecule has 1 aromatic heterocycles. The van der Waals surface area contributed by atoms with Gasteiger partial charge in [0.15, 0.2) is 11.5 Å². The summed E-state index contributed by atoms with van der Waals surface area (Å²) in [7, 11) is 3.22. The summed E-state index contributed by atoms with van der Waals surface area (Å²) in [5.74, 6) is 1.02. The molecule has 4 rings (SSSR count). The molecule has 0 spiro atoms. The average Bonchev–Trinajstić information content (AvgIpc) is 2.78. The first-order valence-electron chi connectivity index (χ1n) is 9.46. The summed E-state index contributed by atoms with van der Waals surface area (Å²) in [4.78, 5) is 19.5. The second kappa shape index (κ2) is 8.54. The lowest BCUT2D eigenvalue weighted by Gasteiger charge is -2.38. The summed E-state index contributed by atoms with van der Waals surface area (Å²) in [5.41, 5.74) is 3.22. The zero-order valence-electron chi connectivity index (χ0n) is 16.6. The Labute approximate surface area is 185 Å². The second-order valence-corrected chi connectivity index (χ2v) is 7.73. The SMILES string of the molecule is COc1cc2c(cc1OC)[C@@H](c1ccccc1)N(C(=O)c1nc(Cl)ccc1Cl)CC2. The molecular weight excluding hydrogens is 423 g/mol. The van der Waals surface area contributed by atoms with Gasteiger partial charge in [0.2, 0.25) is 0 Å². The van der Waals surface area contributed by atoms with E-state index in [2.05, 4.69) is 4.98 Å². The van der Waals surface area contributed by atoms with E-state index in [0.29, 0.717) is 24.5 Å². The third kappa shape index (κ3) is 3.71. The van der Waals surface area contributed by atoms with Crippen molar-refractivity contribution in [3.63, 3.8) is 0 Å². The highest BCUT2D eigenvalue weighted by atomic mass is 35.5. The molecule has 1 atom stereocenters. The van der Waals surface area contributed by atoms with Crippen molar-refractivity contribution in [1.82, 2.24) is 9.88 Å². The van der Waals surface area contributed by atoms with Gasteiger partial charge in [-0.15, -0.1) is 0 Å². The first-order chi connectivity index (χ1) is 14.5. The number of fused-ring (bicyclic) bond motifs is 1. The van der Waals surface area contributed by atoms with Crippen LogP contribution in [-0.2, 0) is 6.42 Å². The molecule has 1 aliphatic heterocycles. The Bertz CT molecular complexity index is 1090. The Morgan fingerprint density at radius 2 is 1.73 bits per heavy atom. The van der Waals surface area contributed by atoms with E-state index in [1.165, 1.54) is 0 Å². The minimum absolute atomic E-state index is 0.147. The number of hydrogen-bond acceptors (Lipinski definition) is 4. The molecule has 0 aliphatic carbocycles. The molecule has 2 aromatic carbocycles. The molecule has 0 N–H and O–H groups in total.